The lowest BCUT2D eigenvalue weighted by atomic mass is 9.73. The van der Waals surface area contributed by atoms with Crippen molar-refractivity contribution in [3.63, 3.8) is 0 Å². The highest BCUT2D eigenvalue weighted by atomic mass is 16.5. The number of aromatic nitrogens is 1. The predicted molar refractivity (Wildman–Crippen MR) is 139 cm³/mol. The summed E-state index contributed by atoms with van der Waals surface area (Å²) >= 11 is 0. The SMILES string of the molecule is C[N+](C)(CCOCCc1ccccc1)CCc1cnc(C(O)(c2ccccc2)C2CCCCC2)o1. The largest absolute Gasteiger partial charge is 0.442 e. The van der Waals surface area contributed by atoms with Gasteiger partial charge in [0.15, 0.2) is 5.60 Å². The van der Waals surface area contributed by atoms with Crippen LogP contribution in [-0.4, -0.2) is 55.0 Å². The highest BCUT2D eigenvalue weighted by Crippen LogP contribution is 2.43. The highest BCUT2D eigenvalue weighted by Gasteiger charge is 2.44. The van der Waals surface area contributed by atoms with E-state index in [9.17, 15) is 5.11 Å². The van der Waals surface area contributed by atoms with Crippen molar-refractivity contribution in [2.45, 2.75) is 50.5 Å². The van der Waals surface area contributed by atoms with Crippen LogP contribution in [0.1, 0.15) is 54.9 Å². The van der Waals surface area contributed by atoms with Gasteiger partial charge in [0, 0.05) is 5.92 Å². The van der Waals surface area contributed by atoms with E-state index in [1.54, 1.807) is 0 Å². The average molecular weight is 478 g/mol. The van der Waals surface area contributed by atoms with Gasteiger partial charge in [-0.2, -0.15) is 0 Å². The Morgan fingerprint density at radius 3 is 2.31 bits per heavy atom. The third-order valence-electron chi connectivity index (χ3n) is 7.47. The summed E-state index contributed by atoms with van der Waals surface area (Å²) in [7, 11) is 4.44. The molecule has 0 bridgehead atoms. The van der Waals surface area contributed by atoms with Crippen molar-refractivity contribution in [2.75, 3.05) is 40.4 Å². The van der Waals surface area contributed by atoms with Crippen molar-refractivity contribution < 1.29 is 18.7 Å². The molecule has 0 spiro atoms. The first kappa shape index (κ1) is 25.6. The maximum atomic E-state index is 12.0. The molecule has 1 unspecified atom stereocenters. The molecule has 1 saturated carbocycles. The Hall–Kier alpha value is -2.47. The van der Waals surface area contributed by atoms with Crippen molar-refractivity contribution in [1.82, 2.24) is 4.98 Å². The molecule has 1 aliphatic carbocycles. The van der Waals surface area contributed by atoms with Gasteiger partial charge < -0.3 is 18.7 Å². The zero-order valence-corrected chi connectivity index (χ0v) is 21.4. The van der Waals surface area contributed by atoms with E-state index >= 15 is 0 Å². The smallest absolute Gasteiger partial charge is 0.231 e. The summed E-state index contributed by atoms with van der Waals surface area (Å²) in [5, 5.41) is 12.0. The second-order valence-corrected chi connectivity index (χ2v) is 10.6. The molecule has 0 saturated heterocycles. The Balaban J connectivity index is 1.32. The van der Waals surface area contributed by atoms with Crippen LogP contribution in [0.15, 0.2) is 71.3 Å². The van der Waals surface area contributed by atoms with Gasteiger partial charge in [0.1, 0.15) is 12.3 Å². The van der Waals surface area contributed by atoms with E-state index < -0.39 is 5.60 Å². The third kappa shape index (κ3) is 6.81. The van der Waals surface area contributed by atoms with Crippen LogP contribution in [-0.2, 0) is 23.2 Å². The Kier molecular flexibility index (Phi) is 8.77. The van der Waals surface area contributed by atoms with Gasteiger partial charge in [-0.25, -0.2) is 4.98 Å². The first-order valence-electron chi connectivity index (χ1n) is 13.1. The van der Waals surface area contributed by atoms with Crippen LogP contribution in [0.3, 0.4) is 0 Å². The minimum Gasteiger partial charge on any atom is -0.442 e. The van der Waals surface area contributed by atoms with Crippen LogP contribution < -0.4 is 0 Å². The number of ether oxygens (including phenoxy) is 1. The van der Waals surface area contributed by atoms with Crippen molar-refractivity contribution in [2.24, 2.45) is 5.92 Å². The zero-order chi connectivity index (χ0) is 24.6. The van der Waals surface area contributed by atoms with Gasteiger partial charge in [-0.15, -0.1) is 0 Å². The van der Waals surface area contributed by atoms with Crippen molar-refractivity contribution >= 4 is 0 Å². The molecular formula is C30H41N2O3+. The number of quaternary nitrogens is 1. The molecule has 188 valence electrons. The summed E-state index contributed by atoms with van der Waals surface area (Å²) in [4.78, 5) is 4.61. The zero-order valence-electron chi connectivity index (χ0n) is 21.4. The Labute approximate surface area is 210 Å². The fourth-order valence-electron chi connectivity index (χ4n) is 5.12. The van der Waals surface area contributed by atoms with Gasteiger partial charge >= 0.3 is 0 Å². The number of oxazole rings is 1. The summed E-state index contributed by atoms with van der Waals surface area (Å²) in [5.74, 6) is 1.41. The number of aliphatic hydroxyl groups is 1. The number of rotatable bonds is 12. The summed E-state index contributed by atoms with van der Waals surface area (Å²) in [6.07, 6.45) is 9.05. The van der Waals surface area contributed by atoms with Crippen LogP contribution in [0.2, 0.25) is 0 Å². The van der Waals surface area contributed by atoms with Gasteiger partial charge in [-0.05, 0) is 30.4 Å². The normalized spacial score (nSPS) is 16.8. The minimum absolute atomic E-state index is 0.130. The van der Waals surface area contributed by atoms with Gasteiger partial charge in [-0.3, -0.25) is 0 Å². The number of nitrogens with zero attached hydrogens (tertiary/aromatic N) is 2. The summed E-state index contributed by atoms with van der Waals surface area (Å²) in [5.41, 5.74) is 1.02. The lowest BCUT2D eigenvalue weighted by Gasteiger charge is -2.36. The van der Waals surface area contributed by atoms with Crippen LogP contribution in [0.25, 0.3) is 0 Å². The van der Waals surface area contributed by atoms with E-state index in [2.05, 4.69) is 43.3 Å². The van der Waals surface area contributed by atoms with Gasteiger partial charge in [0.25, 0.3) is 0 Å². The lowest BCUT2D eigenvalue weighted by molar-refractivity contribution is -0.890. The third-order valence-corrected chi connectivity index (χ3v) is 7.47. The van der Waals surface area contributed by atoms with Gasteiger partial charge in [0.05, 0.1) is 46.5 Å². The van der Waals surface area contributed by atoms with E-state index in [-0.39, 0.29) is 5.92 Å². The Bertz CT molecular complexity index is 1010. The fourth-order valence-corrected chi connectivity index (χ4v) is 5.12. The van der Waals surface area contributed by atoms with Crippen molar-refractivity contribution in [3.05, 3.63) is 89.6 Å². The lowest BCUT2D eigenvalue weighted by Crippen LogP contribution is -2.43. The first-order chi connectivity index (χ1) is 17.0. The molecule has 1 aliphatic rings. The topological polar surface area (TPSA) is 55.5 Å². The molecule has 2 aromatic carbocycles. The Morgan fingerprint density at radius 1 is 0.914 bits per heavy atom. The number of hydrogen-bond acceptors (Lipinski definition) is 4. The maximum Gasteiger partial charge on any atom is 0.231 e. The molecule has 3 aromatic rings. The quantitative estimate of drug-likeness (QED) is 0.281. The van der Waals surface area contributed by atoms with Gasteiger partial charge in [-0.1, -0.05) is 79.9 Å². The van der Waals surface area contributed by atoms with E-state index in [4.69, 9.17) is 9.15 Å². The second-order valence-electron chi connectivity index (χ2n) is 10.6. The molecule has 0 amide bonds. The molecule has 4 rings (SSSR count). The fraction of sp³-hybridized carbons (Fsp3) is 0.500. The predicted octanol–water partition coefficient (Wildman–Crippen LogP) is 5.37. The number of likely N-dealkylation sites (N-methyl/N-ethyl adjacent to an activating group) is 1. The number of hydrogen-bond donors (Lipinski definition) is 1. The molecule has 1 fully saturated rings. The number of benzene rings is 2. The average Bonchev–Trinajstić information content (AvgIpc) is 3.38. The minimum atomic E-state index is -1.17. The summed E-state index contributed by atoms with van der Waals surface area (Å²) in [6, 6.07) is 20.4. The highest BCUT2D eigenvalue weighted by molar-refractivity contribution is 5.30. The van der Waals surface area contributed by atoms with E-state index in [1.807, 2.05) is 42.6 Å². The van der Waals surface area contributed by atoms with Crippen LogP contribution in [0, 0.1) is 5.92 Å². The Morgan fingerprint density at radius 2 is 1.60 bits per heavy atom. The molecule has 1 heterocycles. The maximum absolute atomic E-state index is 12.0. The molecule has 1 atom stereocenters. The molecule has 1 N–H and O–H groups in total. The van der Waals surface area contributed by atoms with Crippen LogP contribution in [0.4, 0.5) is 0 Å². The first-order valence-corrected chi connectivity index (χ1v) is 13.1. The van der Waals surface area contributed by atoms with Crippen LogP contribution in [0.5, 0.6) is 0 Å². The molecule has 5 nitrogen and oxygen atoms in total. The van der Waals surface area contributed by atoms with E-state index in [0.29, 0.717) is 5.89 Å². The van der Waals surface area contributed by atoms with Gasteiger partial charge in [0.2, 0.25) is 5.89 Å². The monoisotopic (exact) mass is 477 g/mol. The van der Waals surface area contributed by atoms with E-state index in [1.165, 1.54) is 12.0 Å². The van der Waals surface area contributed by atoms with Crippen molar-refractivity contribution in [1.29, 1.82) is 0 Å². The van der Waals surface area contributed by atoms with Crippen molar-refractivity contribution in [3.8, 4) is 0 Å². The molecule has 5 heteroatoms. The second kappa shape index (κ2) is 12.0. The molecule has 0 radical (unpaired) electrons. The summed E-state index contributed by atoms with van der Waals surface area (Å²) in [6.45, 7) is 3.33. The summed E-state index contributed by atoms with van der Waals surface area (Å²) < 4.78 is 13.0. The standard InChI is InChI=1S/C30H41N2O3/c1-32(2,21-23-34-22-19-25-12-6-3-7-13-25)20-18-28-24-31-29(35-28)30(33,26-14-8-4-9-15-26)27-16-10-5-11-17-27/h3-4,6-9,12-15,24,27,33H,5,10-11,16-23H2,1-2H3/q+1. The van der Waals surface area contributed by atoms with E-state index in [0.717, 1.165) is 80.6 Å². The molecular weight excluding hydrogens is 436 g/mol. The molecule has 35 heavy (non-hydrogen) atoms. The molecule has 0 aliphatic heterocycles. The molecule has 1 aromatic heterocycles. The van der Waals surface area contributed by atoms with Crippen LogP contribution >= 0.6 is 0 Å².